The van der Waals surface area contributed by atoms with E-state index in [0.29, 0.717) is 12.4 Å². The van der Waals surface area contributed by atoms with Crippen LogP contribution in [0.2, 0.25) is 0 Å². The molecule has 0 radical (unpaired) electrons. The van der Waals surface area contributed by atoms with Crippen LogP contribution in [0.25, 0.3) is 10.2 Å². The first-order chi connectivity index (χ1) is 12.5. The second kappa shape index (κ2) is 7.09. The lowest BCUT2D eigenvalue weighted by molar-refractivity contribution is -0.123. The molecule has 0 spiro atoms. The topological polar surface area (TPSA) is 101 Å². The number of anilines is 1. The third-order valence-corrected chi connectivity index (χ3v) is 6.81. The molecule has 4 N–H and O–H groups in total. The van der Waals surface area contributed by atoms with Crippen LogP contribution in [0.5, 0.6) is 0 Å². The number of nitrogens with zero attached hydrogens (tertiary/aromatic N) is 4. The van der Waals surface area contributed by atoms with E-state index in [1.54, 1.807) is 11.3 Å². The Balaban J connectivity index is 1.48. The number of carbonyl (C=O) groups excluding carboxylic acids is 1. The molecule has 1 fully saturated rings. The predicted octanol–water partition coefficient (Wildman–Crippen LogP) is 1.14. The Labute approximate surface area is 157 Å². The maximum absolute atomic E-state index is 11.4. The van der Waals surface area contributed by atoms with Gasteiger partial charge in [0, 0.05) is 31.1 Å². The number of hydrogen-bond acceptors (Lipinski definition) is 7. The van der Waals surface area contributed by atoms with Crippen molar-refractivity contribution >= 4 is 33.3 Å². The van der Waals surface area contributed by atoms with Gasteiger partial charge >= 0.3 is 0 Å². The van der Waals surface area contributed by atoms with Crippen LogP contribution in [0.3, 0.4) is 0 Å². The Kier molecular flexibility index (Phi) is 4.81. The fraction of sp³-hybridized carbons (Fsp3) is 0.611. The number of carbonyl (C=O) groups is 1. The molecule has 2 aliphatic rings. The van der Waals surface area contributed by atoms with Crippen molar-refractivity contribution in [3.05, 3.63) is 16.3 Å². The molecule has 2 aromatic rings. The highest BCUT2D eigenvalue weighted by atomic mass is 32.1. The summed E-state index contributed by atoms with van der Waals surface area (Å²) in [5, 5.41) is 1.09. The number of aryl methyl sites for hydroxylation is 2. The van der Waals surface area contributed by atoms with Crippen LogP contribution in [0.15, 0.2) is 0 Å². The lowest BCUT2D eigenvalue weighted by atomic mass is 9.97. The summed E-state index contributed by atoms with van der Waals surface area (Å²) in [5.41, 5.74) is 13.1. The third kappa shape index (κ3) is 3.28. The van der Waals surface area contributed by atoms with Gasteiger partial charge in [0.05, 0.1) is 18.0 Å². The van der Waals surface area contributed by atoms with E-state index in [2.05, 4.69) is 14.8 Å². The van der Waals surface area contributed by atoms with Crippen LogP contribution < -0.4 is 11.5 Å². The summed E-state index contributed by atoms with van der Waals surface area (Å²) in [7, 11) is 0. The molecule has 1 atom stereocenters. The monoisotopic (exact) mass is 374 g/mol. The van der Waals surface area contributed by atoms with Crippen LogP contribution in [-0.2, 0) is 24.2 Å². The highest BCUT2D eigenvalue weighted by molar-refractivity contribution is 7.19. The van der Waals surface area contributed by atoms with Gasteiger partial charge in [-0.05, 0) is 38.2 Å². The molecule has 0 aromatic carbocycles. The first kappa shape index (κ1) is 17.6. The largest absolute Gasteiger partial charge is 0.383 e. The zero-order valence-electron chi connectivity index (χ0n) is 15.2. The Morgan fingerprint density at radius 1 is 1.19 bits per heavy atom. The first-order valence-electron chi connectivity index (χ1n) is 9.35. The van der Waals surface area contributed by atoms with Gasteiger partial charge in [-0.15, -0.1) is 11.3 Å². The Bertz CT molecular complexity index is 827. The summed E-state index contributed by atoms with van der Waals surface area (Å²) < 4.78 is 0. The van der Waals surface area contributed by atoms with Crippen molar-refractivity contribution in [2.75, 3.05) is 31.9 Å². The smallest absolute Gasteiger partial charge is 0.234 e. The van der Waals surface area contributed by atoms with Crippen LogP contribution in [0, 0.1) is 0 Å². The maximum Gasteiger partial charge on any atom is 0.234 e. The third-order valence-electron chi connectivity index (χ3n) is 5.62. The SMILES string of the molecule is C[C@H](C(N)=O)N1CCN(Cc2nc(N)c3c4c(sc3n2)CCCC4)CC1. The minimum atomic E-state index is -0.262. The van der Waals surface area contributed by atoms with E-state index < -0.39 is 0 Å². The number of primary amides is 1. The molecule has 1 aliphatic carbocycles. The fourth-order valence-corrected chi connectivity index (χ4v) is 5.28. The normalized spacial score (nSPS) is 20.2. The second-order valence-corrected chi connectivity index (χ2v) is 8.39. The molecule has 1 aliphatic heterocycles. The zero-order valence-corrected chi connectivity index (χ0v) is 16.0. The van der Waals surface area contributed by atoms with Gasteiger partial charge in [-0.2, -0.15) is 0 Å². The number of aromatic nitrogens is 2. The van der Waals surface area contributed by atoms with E-state index in [0.717, 1.165) is 55.1 Å². The predicted molar refractivity (Wildman–Crippen MR) is 104 cm³/mol. The van der Waals surface area contributed by atoms with Crippen molar-refractivity contribution in [1.82, 2.24) is 19.8 Å². The van der Waals surface area contributed by atoms with Crippen molar-refractivity contribution in [1.29, 1.82) is 0 Å². The molecule has 1 amide bonds. The van der Waals surface area contributed by atoms with Crippen molar-refractivity contribution < 1.29 is 4.79 Å². The summed E-state index contributed by atoms with van der Waals surface area (Å²) in [4.78, 5) is 27.7. The molecular weight excluding hydrogens is 348 g/mol. The summed E-state index contributed by atoms with van der Waals surface area (Å²) in [5.74, 6) is 1.16. The van der Waals surface area contributed by atoms with E-state index >= 15 is 0 Å². The highest BCUT2D eigenvalue weighted by Crippen LogP contribution is 2.37. The minimum absolute atomic E-state index is 0.210. The van der Waals surface area contributed by atoms with Crippen molar-refractivity contribution in [2.24, 2.45) is 5.73 Å². The zero-order chi connectivity index (χ0) is 18.3. The Morgan fingerprint density at radius 3 is 2.65 bits per heavy atom. The van der Waals surface area contributed by atoms with Gasteiger partial charge in [-0.1, -0.05) is 0 Å². The number of piperazine rings is 1. The number of nitrogen functional groups attached to an aromatic ring is 1. The van der Waals surface area contributed by atoms with E-state index in [-0.39, 0.29) is 11.9 Å². The number of hydrogen-bond donors (Lipinski definition) is 2. The van der Waals surface area contributed by atoms with Gasteiger partial charge in [-0.25, -0.2) is 9.97 Å². The number of fused-ring (bicyclic) bond motifs is 3. The van der Waals surface area contributed by atoms with E-state index in [4.69, 9.17) is 16.5 Å². The number of thiophene rings is 1. The molecule has 26 heavy (non-hydrogen) atoms. The minimum Gasteiger partial charge on any atom is -0.383 e. The van der Waals surface area contributed by atoms with Crippen LogP contribution >= 0.6 is 11.3 Å². The summed E-state index contributed by atoms with van der Waals surface area (Å²) in [6.07, 6.45) is 4.73. The molecule has 0 saturated carbocycles. The number of amides is 1. The van der Waals surface area contributed by atoms with Gasteiger partial charge in [-0.3, -0.25) is 14.6 Å². The average Bonchev–Trinajstić information content (AvgIpc) is 3.00. The molecule has 8 heteroatoms. The molecule has 140 valence electrons. The lowest BCUT2D eigenvalue weighted by Crippen LogP contribution is -2.52. The molecule has 7 nitrogen and oxygen atoms in total. The second-order valence-electron chi connectivity index (χ2n) is 7.31. The first-order valence-corrected chi connectivity index (χ1v) is 10.2. The van der Waals surface area contributed by atoms with Gasteiger partial charge in [0.25, 0.3) is 0 Å². The van der Waals surface area contributed by atoms with Crippen LogP contribution in [0.4, 0.5) is 5.82 Å². The maximum atomic E-state index is 11.4. The highest BCUT2D eigenvalue weighted by Gasteiger charge is 2.25. The van der Waals surface area contributed by atoms with Crippen molar-refractivity contribution in [3.8, 4) is 0 Å². The van der Waals surface area contributed by atoms with E-state index in [1.165, 1.54) is 23.3 Å². The summed E-state index contributed by atoms with van der Waals surface area (Å²) in [6.45, 7) is 5.97. The average molecular weight is 375 g/mol. The van der Waals surface area contributed by atoms with E-state index in [9.17, 15) is 4.79 Å². The molecule has 0 bridgehead atoms. The van der Waals surface area contributed by atoms with Crippen LogP contribution in [-0.4, -0.2) is 57.9 Å². The summed E-state index contributed by atoms with van der Waals surface area (Å²) >= 11 is 1.79. The van der Waals surface area contributed by atoms with Gasteiger partial charge < -0.3 is 11.5 Å². The van der Waals surface area contributed by atoms with Gasteiger partial charge in [0.15, 0.2) is 0 Å². The van der Waals surface area contributed by atoms with Crippen molar-refractivity contribution in [3.63, 3.8) is 0 Å². The van der Waals surface area contributed by atoms with Crippen molar-refractivity contribution in [2.45, 2.75) is 45.2 Å². The lowest BCUT2D eigenvalue weighted by Gasteiger charge is -2.36. The molecule has 4 rings (SSSR count). The van der Waals surface area contributed by atoms with Crippen LogP contribution in [0.1, 0.15) is 36.0 Å². The Hall–Kier alpha value is -1.77. The molecule has 0 unspecified atom stereocenters. The molecule has 3 heterocycles. The summed E-state index contributed by atoms with van der Waals surface area (Å²) in [6, 6.07) is -0.210. The van der Waals surface area contributed by atoms with Gasteiger partial charge in [0.2, 0.25) is 5.91 Å². The molecule has 2 aromatic heterocycles. The molecule has 1 saturated heterocycles. The van der Waals surface area contributed by atoms with Gasteiger partial charge in [0.1, 0.15) is 16.5 Å². The van der Waals surface area contributed by atoms with E-state index in [1.807, 2.05) is 6.92 Å². The molecular formula is C18H26N6OS. The number of rotatable bonds is 4. The quantitative estimate of drug-likeness (QED) is 0.832. The number of nitrogens with two attached hydrogens (primary N) is 2. The fourth-order valence-electron chi connectivity index (χ4n) is 3.99. The Morgan fingerprint density at radius 2 is 1.92 bits per heavy atom. The standard InChI is InChI=1S/C18H26N6OS/c1-11(17(20)25)24-8-6-23(7-9-24)10-14-21-16(19)15-12-4-2-3-5-13(12)26-18(15)22-14/h11H,2-10H2,1H3,(H2,20,25)(H2,19,21,22)/t11-/m1/s1.